The Labute approximate surface area is 118 Å². The highest BCUT2D eigenvalue weighted by Crippen LogP contribution is 2.16. The van der Waals surface area contributed by atoms with Crippen LogP contribution in [0.15, 0.2) is 18.2 Å². The number of carboxylic acids is 1. The Morgan fingerprint density at radius 1 is 1.25 bits per heavy atom. The molecule has 0 saturated carbocycles. The van der Waals surface area contributed by atoms with E-state index in [9.17, 15) is 9.18 Å². The summed E-state index contributed by atoms with van der Waals surface area (Å²) < 4.78 is 14.1. The summed E-state index contributed by atoms with van der Waals surface area (Å²) in [5.74, 6) is -1.81. The fourth-order valence-electron chi connectivity index (χ4n) is 2.60. The molecule has 0 unspecified atom stereocenters. The lowest BCUT2D eigenvalue weighted by Crippen LogP contribution is -2.46. The van der Waals surface area contributed by atoms with Gasteiger partial charge in [0.05, 0.1) is 5.56 Å². The fraction of sp³-hybridized carbons (Fsp3) is 0.533. The third-order valence-electron chi connectivity index (χ3n) is 3.71. The first kappa shape index (κ1) is 14.9. The normalized spacial score (nSPS) is 17.3. The summed E-state index contributed by atoms with van der Waals surface area (Å²) in [5.41, 5.74) is 0.223. The molecule has 1 aromatic carbocycles. The zero-order valence-corrected chi connectivity index (χ0v) is 11.8. The SMILES string of the molecule is CCCN1CCN(Cc2cccc(C(=O)O)c2F)CC1. The first-order valence-corrected chi connectivity index (χ1v) is 7.07. The lowest BCUT2D eigenvalue weighted by molar-refractivity contribution is 0.0691. The molecule has 0 spiro atoms. The van der Waals surface area contributed by atoms with E-state index in [0.717, 1.165) is 39.1 Å². The first-order chi connectivity index (χ1) is 9.61. The maximum atomic E-state index is 14.1. The summed E-state index contributed by atoms with van der Waals surface area (Å²) in [5, 5.41) is 8.93. The van der Waals surface area contributed by atoms with Crippen molar-refractivity contribution in [3.05, 3.63) is 35.1 Å². The average molecular weight is 280 g/mol. The number of halogens is 1. The van der Waals surface area contributed by atoms with Crippen LogP contribution in [0.25, 0.3) is 0 Å². The maximum Gasteiger partial charge on any atom is 0.338 e. The van der Waals surface area contributed by atoms with Crippen molar-refractivity contribution >= 4 is 5.97 Å². The minimum absolute atomic E-state index is 0.243. The van der Waals surface area contributed by atoms with Gasteiger partial charge in [-0.15, -0.1) is 0 Å². The summed E-state index contributed by atoms with van der Waals surface area (Å²) in [6.45, 7) is 7.54. The number of piperazine rings is 1. The second-order valence-corrected chi connectivity index (χ2v) is 5.20. The van der Waals surface area contributed by atoms with Gasteiger partial charge in [-0.05, 0) is 19.0 Å². The van der Waals surface area contributed by atoms with Gasteiger partial charge in [-0.1, -0.05) is 19.1 Å². The first-order valence-electron chi connectivity index (χ1n) is 7.07. The van der Waals surface area contributed by atoms with Crippen LogP contribution in [0, 0.1) is 5.82 Å². The zero-order chi connectivity index (χ0) is 14.5. The number of carbonyl (C=O) groups is 1. The Morgan fingerprint density at radius 2 is 1.90 bits per heavy atom. The van der Waals surface area contributed by atoms with Crippen molar-refractivity contribution < 1.29 is 14.3 Å². The highest BCUT2D eigenvalue weighted by Gasteiger charge is 2.19. The van der Waals surface area contributed by atoms with E-state index in [0.29, 0.717) is 12.1 Å². The number of carboxylic acid groups (broad SMARTS) is 1. The van der Waals surface area contributed by atoms with Crippen LogP contribution in [0.1, 0.15) is 29.3 Å². The molecule has 1 aliphatic rings. The molecule has 1 fully saturated rings. The quantitative estimate of drug-likeness (QED) is 0.896. The molecule has 1 aromatic rings. The number of aromatic carboxylic acids is 1. The van der Waals surface area contributed by atoms with Crippen LogP contribution < -0.4 is 0 Å². The lowest BCUT2D eigenvalue weighted by atomic mass is 10.1. The van der Waals surface area contributed by atoms with Gasteiger partial charge in [0.2, 0.25) is 0 Å². The predicted octanol–water partition coefficient (Wildman–Crippen LogP) is 2.05. The number of hydrogen-bond acceptors (Lipinski definition) is 3. The van der Waals surface area contributed by atoms with E-state index in [2.05, 4.69) is 16.7 Å². The molecule has 0 atom stereocenters. The summed E-state index contributed by atoms with van der Waals surface area (Å²) in [6.07, 6.45) is 1.15. The highest BCUT2D eigenvalue weighted by molar-refractivity contribution is 5.88. The van der Waals surface area contributed by atoms with Gasteiger partial charge in [0, 0.05) is 38.3 Å². The second kappa shape index (κ2) is 6.81. The largest absolute Gasteiger partial charge is 0.478 e. The molecule has 0 bridgehead atoms. The van der Waals surface area contributed by atoms with Crippen LogP contribution in [0.5, 0.6) is 0 Å². The molecule has 1 saturated heterocycles. The molecule has 1 N–H and O–H groups in total. The fourth-order valence-corrected chi connectivity index (χ4v) is 2.60. The molecule has 0 aromatic heterocycles. The van der Waals surface area contributed by atoms with Gasteiger partial charge in [-0.3, -0.25) is 4.90 Å². The molecule has 1 aliphatic heterocycles. The average Bonchev–Trinajstić information content (AvgIpc) is 2.43. The van der Waals surface area contributed by atoms with Crippen LogP contribution in [0.4, 0.5) is 4.39 Å². The van der Waals surface area contributed by atoms with Crippen LogP contribution in [-0.4, -0.2) is 53.6 Å². The number of rotatable bonds is 5. The Balaban J connectivity index is 1.98. The van der Waals surface area contributed by atoms with Gasteiger partial charge < -0.3 is 10.0 Å². The van der Waals surface area contributed by atoms with Gasteiger partial charge in [0.25, 0.3) is 0 Å². The molecular weight excluding hydrogens is 259 g/mol. The van der Waals surface area contributed by atoms with Crippen molar-refractivity contribution in [2.24, 2.45) is 0 Å². The molecule has 0 aliphatic carbocycles. The molecule has 0 radical (unpaired) electrons. The van der Waals surface area contributed by atoms with E-state index in [1.54, 1.807) is 12.1 Å². The number of nitrogens with zero attached hydrogens (tertiary/aromatic N) is 2. The lowest BCUT2D eigenvalue weighted by Gasteiger charge is -2.34. The van der Waals surface area contributed by atoms with Crippen LogP contribution >= 0.6 is 0 Å². The van der Waals surface area contributed by atoms with Crippen molar-refractivity contribution in [2.75, 3.05) is 32.7 Å². The van der Waals surface area contributed by atoms with Crippen molar-refractivity contribution in [1.82, 2.24) is 9.80 Å². The molecule has 0 amide bonds. The molecule has 5 heteroatoms. The van der Waals surface area contributed by atoms with Crippen molar-refractivity contribution in [3.8, 4) is 0 Å². The summed E-state index contributed by atoms with van der Waals surface area (Å²) in [7, 11) is 0. The van der Waals surface area contributed by atoms with E-state index >= 15 is 0 Å². The number of benzene rings is 1. The Bertz CT molecular complexity index is 471. The molecular formula is C15H21FN2O2. The molecule has 110 valence electrons. The summed E-state index contributed by atoms with van der Waals surface area (Å²) in [6, 6.07) is 4.58. The Hall–Kier alpha value is -1.46. The number of hydrogen-bond donors (Lipinski definition) is 1. The third-order valence-corrected chi connectivity index (χ3v) is 3.71. The van der Waals surface area contributed by atoms with E-state index < -0.39 is 11.8 Å². The van der Waals surface area contributed by atoms with Gasteiger partial charge in [-0.25, -0.2) is 9.18 Å². The van der Waals surface area contributed by atoms with Crippen molar-refractivity contribution in [1.29, 1.82) is 0 Å². The smallest absolute Gasteiger partial charge is 0.338 e. The molecule has 2 rings (SSSR count). The van der Waals surface area contributed by atoms with Crippen LogP contribution in [0.3, 0.4) is 0 Å². The minimum Gasteiger partial charge on any atom is -0.478 e. The van der Waals surface area contributed by atoms with Gasteiger partial charge >= 0.3 is 5.97 Å². The van der Waals surface area contributed by atoms with Crippen LogP contribution in [0.2, 0.25) is 0 Å². The van der Waals surface area contributed by atoms with Gasteiger partial charge in [0.15, 0.2) is 0 Å². The van der Waals surface area contributed by atoms with Gasteiger partial charge in [-0.2, -0.15) is 0 Å². The third kappa shape index (κ3) is 3.55. The molecule has 4 nitrogen and oxygen atoms in total. The van der Waals surface area contributed by atoms with Gasteiger partial charge in [0.1, 0.15) is 5.82 Å². The second-order valence-electron chi connectivity index (χ2n) is 5.20. The molecule has 20 heavy (non-hydrogen) atoms. The highest BCUT2D eigenvalue weighted by atomic mass is 19.1. The predicted molar refractivity (Wildman–Crippen MR) is 75.4 cm³/mol. The van der Waals surface area contributed by atoms with E-state index in [-0.39, 0.29) is 5.56 Å². The zero-order valence-electron chi connectivity index (χ0n) is 11.8. The van der Waals surface area contributed by atoms with E-state index in [4.69, 9.17) is 5.11 Å². The Kier molecular flexibility index (Phi) is 5.09. The van der Waals surface area contributed by atoms with Crippen LogP contribution in [-0.2, 0) is 6.54 Å². The minimum atomic E-state index is -1.21. The maximum absolute atomic E-state index is 14.1. The van der Waals surface area contributed by atoms with Crippen molar-refractivity contribution in [2.45, 2.75) is 19.9 Å². The Morgan fingerprint density at radius 3 is 2.50 bits per heavy atom. The summed E-state index contributed by atoms with van der Waals surface area (Å²) in [4.78, 5) is 15.5. The standard InChI is InChI=1S/C15H21FN2O2/c1-2-6-17-7-9-18(10-8-17)11-12-4-3-5-13(14(12)16)15(19)20/h3-5H,2,6-11H2,1H3,(H,19,20). The monoisotopic (exact) mass is 280 g/mol. The van der Waals surface area contributed by atoms with Crippen molar-refractivity contribution in [3.63, 3.8) is 0 Å². The summed E-state index contributed by atoms with van der Waals surface area (Å²) >= 11 is 0. The van der Waals surface area contributed by atoms with E-state index in [1.807, 2.05) is 0 Å². The topological polar surface area (TPSA) is 43.8 Å². The van der Waals surface area contributed by atoms with E-state index in [1.165, 1.54) is 6.07 Å². The molecule has 1 heterocycles.